The number of carbonyl (C=O) groups excluding carboxylic acids is 2. The molecule has 0 fully saturated rings. The number of ether oxygens (including phenoxy) is 1. The van der Waals surface area contributed by atoms with E-state index in [0.29, 0.717) is 16.1 Å². The van der Waals surface area contributed by atoms with Crippen LogP contribution in [0.1, 0.15) is 10.4 Å². The van der Waals surface area contributed by atoms with Crippen LogP contribution in [0.5, 0.6) is 0 Å². The number of nitrogens with zero attached hydrogens (tertiary/aromatic N) is 1. The molecule has 1 aromatic heterocycles. The van der Waals surface area contributed by atoms with Crippen molar-refractivity contribution in [2.75, 3.05) is 12.4 Å². The molecule has 0 radical (unpaired) electrons. The lowest BCUT2D eigenvalue weighted by Gasteiger charge is -2.09. The van der Waals surface area contributed by atoms with Crippen molar-refractivity contribution in [1.29, 1.82) is 5.41 Å². The maximum atomic E-state index is 11.9. The lowest BCUT2D eigenvalue weighted by Crippen LogP contribution is -2.24. The quantitative estimate of drug-likeness (QED) is 0.836. The van der Waals surface area contributed by atoms with Crippen molar-refractivity contribution in [1.82, 2.24) is 4.57 Å². The van der Waals surface area contributed by atoms with Crippen LogP contribution in [-0.2, 0) is 16.1 Å². The Balaban J connectivity index is 2.14. The highest BCUT2D eigenvalue weighted by Crippen LogP contribution is 2.15. The summed E-state index contributed by atoms with van der Waals surface area (Å²) in [6.07, 6.45) is 1.67. The van der Waals surface area contributed by atoms with E-state index in [1.54, 1.807) is 35.8 Å². The summed E-state index contributed by atoms with van der Waals surface area (Å²) < 4.78 is 6.17. The minimum absolute atomic E-state index is 0.0256. The van der Waals surface area contributed by atoms with E-state index in [1.807, 2.05) is 0 Å². The number of thiazole rings is 1. The smallest absolute Gasteiger partial charge is 0.339 e. The molecule has 20 heavy (non-hydrogen) atoms. The molecule has 0 spiro atoms. The molecule has 104 valence electrons. The van der Waals surface area contributed by atoms with Crippen molar-refractivity contribution >= 4 is 28.9 Å². The highest BCUT2D eigenvalue weighted by molar-refractivity contribution is 7.06. The summed E-state index contributed by atoms with van der Waals surface area (Å²) in [6, 6.07) is 6.62. The maximum Gasteiger partial charge on any atom is 0.339 e. The molecule has 1 amide bonds. The Morgan fingerprint density at radius 2 is 2.15 bits per heavy atom. The van der Waals surface area contributed by atoms with E-state index in [0.717, 1.165) is 0 Å². The summed E-state index contributed by atoms with van der Waals surface area (Å²) in [5.74, 6) is -0.816. The molecule has 6 nitrogen and oxygen atoms in total. The molecule has 2 aromatic rings. The van der Waals surface area contributed by atoms with Gasteiger partial charge in [0.25, 0.3) is 0 Å². The summed E-state index contributed by atoms with van der Waals surface area (Å²) in [4.78, 5) is 23.8. The first-order chi connectivity index (χ1) is 9.61. The lowest BCUT2D eigenvalue weighted by atomic mass is 10.2. The van der Waals surface area contributed by atoms with Crippen molar-refractivity contribution < 1.29 is 14.3 Å². The number of aromatic nitrogens is 1. The highest BCUT2D eigenvalue weighted by Gasteiger charge is 2.13. The van der Waals surface area contributed by atoms with Crippen LogP contribution in [0.25, 0.3) is 0 Å². The van der Waals surface area contributed by atoms with E-state index in [4.69, 9.17) is 5.41 Å². The summed E-state index contributed by atoms with van der Waals surface area (Å²) >= 11 is 1.24. The zero-order valence-electron chi connectivity index (χ0n) is 10.8. The second kappa shape index (κ2) is 6.16. The van der Waals surface area contributed by atoms with Gasteiger partial charge in [0.05, 0.1) is 18.4 Å². The van der Waals surface area contributed by atoms with E-state index in [2.05, 4.69) is 10.1 Å². The van der Waals surface area contributed by atoms with Gasteiger partial charge in [0.1, 0.15) is 6.54 Å². The molecule has 0 atom stereocenters. The monoisotopic (exact) mass is 291 g/mol. The molecule has 1 aromatic carbocycles. The summed E-state index contributed by atoms with van der Waals surface area (Å²) in [5.41, 5.74) is 0.691. The van der Waals surface area contributed by atoms with Gasteiger partial charge < -0.3 is 14.6 Å². The van der Waals surface area contributed by atoms with Crippen LogP contribution in [0, 0.1) is 5.41 Å². The van der Waals surface area contributed by atoms with Crippen LogP contribution in [0.2, 0.25) is 0 Å². The number of esters is 1. The number of carbonyl (C=O) groups is 2. The van der Waals surface area contributed by atoms with Gasteiger partial charge in [0.2, 0.25) is 5.91 Å². The minimum atomic E-state index is -0.509. The molecule has 0 bridgehead atoms. The van der Waals surface area contributed by atoms with E-state index in [9.17, 15) is 9.59 Å². The number of hydrogen-bond acceptors (Lipinski definition) is 5. The molecule has 0 saturated carbocycles. The third-order valence-electron chi connectivity index (χ3n) is 2.60. The van der Waals surface area contributed by atoms with E-state index in [1.165, 1.54) is 23.0 Å². The van der Waals surface area contributed by atoms with E-state index in [-0.39, 0.29) is 12.5 Å². The predicted molar refractivity (Wildman–Crippen MR) is 74.6 cm³/mol. The average Bonchev–Trinajstić information content (AvgIpc) is 2.84. The van der Waals surface area contributed by atoms with Crippen molar-refractivity contribution in [3.8, 4) is 0 Å². The molecule has 2 rings (SSSR count). The van der Waals surface area contributed by atoms with Gasteiger partial charge in [-0.05, 0) is 12.1 Å². The van der Waals surface area contributed by atoms with E-state index < -0.39 is 5.97 Å². The van der Waals surface area contributed by atoms with Gasteiger partial charge in [-0.25, -0.2) is 4.79 Å². The van der Waals surface area contributed by atoms with Gasteiger partial charge in [-0.1, -0.05) is 12.1 Å². The number of amides is 1. The molecule has 0 aliphatic heterocycles. The number of rotatable bonds is 4. The van der Waals surface area contributed by atoms with Gasteiger partial charge in [-0.2, -0.15) is 0 Å². The number of benzene rings is 1. The van der Waals surface area contributed by atoms with Crippen LogP contribution in [0.15, 0.2) is 35.8 Å². The number of anilines is 1. The first-order valence-electron chi connectivity index (χ1n) is 5.77. The Kier molecular flexibility index (Phi) is 4.31. The number of nitrogens with one attached hydrogen (secondary N) is 2. The van der Waals surface area contributed by atoms with Gasteiger partial charge in [0, 0.05) is 11.6 Å². The molecule has 0 unspecified atom stereocenters. The second-order valence-corrected chi connectivity index (χ2v) is 4.82. The fraction of sp³-hybridized carbons (Fsp3) is 0.154. The Morgan fingerprint density at radius 3 is 2.80 bits per heavy atom. The minimum Gasteiger partial charge on any atom is -0.465 e. The van der Waals surface area contributed by atoms with Crippen LogP contribution in [0.3, 0.4) is 0 Å². The molecule has 7 heteroatoms. The average molecular weight is 291 g/mol. The van der Waals surface area contributed by atoms with Crippen LogP contribution < -0.4 is 10.1 Å². The zero-order valence-corrected chi connectivity index (χ0v) is 11.6. The molecular formula is C13H13N3O3S. The Hall–Kier alpha value is -2.41. The van der Waals surface area contributed by atoms with Crippen LogP contribution >= 0.6 is 11.3 Å². The number of methoxy groups -OCH3 is 1. The summed E-state index contributed by atoms with van der Waals surface area (Å²) in [7, 11) is 1.29. The summed E-state index contributed by atoms with van der Waals surface area (Å²) in [5, 5.41) is 12.0. The largest absolute Gasteiger partial charge is 0.465 e. The third kappa shape index (κ3) is 3.12. The normalized spacial score (nSPS) is 10.1. The van der Waals surface area contributed by atoms with Crippen LogP contribution in [0.4, 0.5) is 5.69 Å². The molecule has 1 heterocycles. The maximum absolute atomic E-state index is 11.9. The van der Waals surface area contributed by atoms with Crippen molar-refractivity contribution in [2.45, 2.75) is 6.54 Å². The topological polar surface area (TPSA) is 84.2 Å². The predicted octanol–water partition coefficient (Wildman–Crippen LogP) is 1.45. The lowest BCUT2D eigenvalue weighted by molar-refractivity contribution is -0.116. The Labute approximate surface area is 119 Å². The van der Waals surface area contributed by atoms with Gasteiger partial charge in [-0.3, -0.25) is 10.2 Å². The zero-order chi connectivity index (χ0) is 14.5. The first-order valence-corrected chi connectivity index (χ1v) is 6.65. The molecule has 0 aliphatic rings. The van der Waals surface area contributed by atoms with Crippen LogP contribution in [-0.4, -0.2) is 23.6 Å². The number of para-hydroxylation sites is 1. The third-order valence-corrected chi connectivity index (χ3v) is 3.32. The van der Waals surface area contributed by atoms with Crippen molar-refractivity contribution in [3.63, 3.8) is 0 Å². The fourth-order valence-corrected chi connectivity index (χ4v) is 2.25. The molecule has 0 aliphatic carbocycles. The van der Waals surface area contributed by atoms with E-state index >= 15 is 0 Å². The fourth-order valence-electron chi connectivity index (χ4n) is 1.65. The summed E-state index contributed by atoms with van der Waals surface area (Å²) in [6.45, 7) is 0.0256. The standard InChI is InChI=1S/C13H13N3O3S/c1-19-12(18)9-4-2-3-5-10(9)15-11(17)8-16-6-7-20-13(16)14/h2-7,14H,8H2,1H3,(H,15,17). The molecular weight excluding hydrogens is 278 g/mol. The van der Waals surface area contributed by atoms with Crippen molar-refractivity contribution in [3.05, 3.63) is 46.2 Å². The first kappa shape index (κ1) is 14.0. The number of hydrogen-bond donors (Lipinski definition) is 2. The highest BCUT2D eigenvalue weighted by atomic mass is 32.1. The SMILES string of the molecule is COC(=O)c1ccccc1NC(=O)Cn1ccsc1=N. The van der Waals surface area contributed by atoms with Gasteiger partial charge in [-0.15, -0.1) is 11.3 Å². The molecule has 0 saturated heterocycles. The van der Waals surface area contributed by atoms with Gasteiger partial charge in [0.15, 0.2) is 4.80 Å². The Morgan fingerprint density at radius 1 is 1.40 bits per heavy atom. The van der Waals surface area contributed by atoms with Gasteiger partial charge >= 0.3 is 5.97 Å². The molecule has 2 N–H and O–H groups in total. The second-order valence-electron chi connectivity index (χ2n) is 3.92. The Bertz CT molecular complexity index is 690. The van der Waals surface area contributed by atoms with Crippen molar-refractivity contribution in [2.24, 2.45) is 0 Å².